The lowest BCUT2D eigenvalue weighted by Crippen LogP contribution is -2.34. The zero-order chi connectivity index (χ0) is 10.9. The zero-order valence-corrected chi connectivity index (χ0v) is 11.7. The Morgan fingerprint density at radius 3 is 2.40 bits per heavy atom. The Labute approximate surface area is 103 Å². The van der Waals surface area contributed by atoms with E-state index in [1.807, 2.05) is 0 Å². The SMILES string of the molecule is CC(C)N1CCC2(CCC(CBr)CC2)C1. The van der Waals surface area contributed by atoms with Crippen LogP contribution in [0.2, 0.25) is 0 Å². The molecule has 2 heteroatoms. The Kier molecular flexibility index (Phi) is 3.77. The zero-order valence-electron chi connectivity index (χ0n) is 10.1. The van der Waals surface area contributed by atoms with Gasteiger partial charge in [0, 0.05) is 17.9 Å². The molecule has 0 aromatic carbocycles. The fourth-order valence-electron chi connectivity index (χ4n) is 3.26. The van der Waals surface area contributed by atoms with Crippen LogP contribution in [0, 0.1) is 11.3 Å². The number of halogens is 1. The van der Waals surface area contributed by atoms with E-state index >= 15 is 0 Å². The minimum Gasteiger partial charge on any atom is -0.300 e. The summed E-state index contributed by atoms with van der Waals surface area (Å²) in [6.07, 6.45) is 7.33. The first kappa shape index (κ1) is 11.9. The van der Waals surface area contributed by atoms with Gasteiger partial charge in [-0.15, -0.1) is 0 Å². The predicted octanol–water partition coefficient (Wildman–Crippen LogP) is 3.67. The molecule has 0 N–H and O–H groups in total. The van der Waals surface area contributed by atoms with Crippen molar-refractivity contribution in [3.63, 3.8) is 0 Å². The van der Waals surface area contributed by atoms with E-state index in [2.05, 4.69) is 34.7 Å². The van der Waals surface area contributed by atoms with Crippen molar-refractivity contribution in [2.75, 3.05) is 18.4 Å². The van der Waals surface area contributed by atoms with Gasteiger partial charge in [0.15, 0.2) is 0 Å². The van der Waals surface area contributed by atoms with Crippen LogP contribution in [-0.2, 0) is 0 Å². The van der Waals surface area contributed by atoms with E-state index in [-0.39, 0.29) is 0 Å². The van der Waals surface area contributed by atoms with Crippen LogP contribution in [-0.4, -0.2) is 29.4 Å². The van der Waals surface area contributed by atoms with Crippen LogP contribution < -0.4 is 0 Å². The summed E-state index contributed by atoms with van der Waals surface area (Å²) in [4.78, 5) is 2.68. The summed E-state index contributed by atoms with van der Waals surface area (Å²) in [5.41, 5.74) is 0.711. The van der Waals surface area contributed by atoms with Gasteiger partial charge in [0.05, 0.1) is 0 Å². The molecule has 1 spiro atoms. The largest absolute Gasteiger partial charge is 0.300 e. The summed E-state index contributed by atoms with van der Waals surface area (Å²) < 4.78 is 0. The van der Waals surface area contributed by atoms with Crippen molar-refractivity contribution >= 4 is 15.9 Å². The maximum atomic E-state index is 3.63. The van der Waals surface area contributed by atoms with Crippen molar-refractivity contribution in [2.45, 2.75) is 52.0 Å². The average Bonchev–Trinajstić information content (AvgIpc) is 2.64. The first-order valence-electron chi connectivity index (χ1n) is 6.45. The molecule has 88 valence electrons. The van der Waals surface area contributed by atoms with Crippen molar-refractivity contribution in [1.82, 2.24) is 4.90 Å². The lowest BCUT2D eigenvalue weighted by molar-refractivity contribution is 0.149. The molecule has 1 saturated heterocycles. The molecular formula is C13H24BrN. The molecule has 2 aliphatic rings. The van der Waals surface area contributed by atoms with Crippen molar-refractivity contribution in [2.24, 2.45) is 11.3 Å². The first-order valence-corrected chi connectivity index (χ1v) is 7.57. The quantitative estimate of drug-likeness (QED) is 0.694. The van der Waals surface area contributed by atoms with Gasteiger partial charge < -0.3 is 4.90 Å². The normalized spacial score (nSPS) is 38.0. The molecule has 0 atom stereocenters. The minimum absolute atomic E-state index is 0.711. The van der Waals surface area contributed by atoms with Gasteiger partial charge in [-0.25, -0.2) is 0 Å². The summed E-state index contributed by atoms with van der Waals surface area (Å²) in [7, 11) is 0. The second kappa shape index (κ2) is 4.75. The van der Waals surface area contributed by atoms with Crippen LogP contribution in [0.1, 0.15) is 46.0 Å². The first-order chi connectivity index (χ1) is 7.15. The third-order valence-electron chi connectivity index (χ3n) is 4.58. The van der Waals surface area contributed by atoms with Crippen LogP contribution in [0.25, 0.3) is 0 Å². The fraction of sp³-hybridized carbons (Fsp3) is 1.00. The van der Waals surface area contributed by atoms with E-state index in [0.29, 0.717) is 5.41 Å². The van der Waals surface area contributed by atoms with E-state index in [4.69, 9.17) is 0 Å². The third-order valence-corrected chi connectivity index (χ3v) is 5.50. The monoisotopic (exact) mass is 273 g/mol. The molecule has 1 nitrogen and oxygen atoms in total. The predicted molar refractivity (Wildman–Crippen MR) is 69.5 cm³/mol. The highest BCUT2D eigenvalue weighted by atomic mass is 79.9. The number of alkyl halides is 1. The maximum absolute atomic E-state index is 3.63. The molecule has 0 aromatic rings. The summed E-state index contributed by atoms with van der Waals surface area (Å²) in [6, 6.07) is 0.748. The van der Waals surface area contributed by atoms with Crippen molar-refractivity contribution in [3.8, 4) is 0 Å². The molecule has 2 rings (SSSR count). The molecule has 1 saturated carbocycles. The fourth-order valence-corrected chi connectivity index (χ4v) is 3.91. The third kappa shape index (κ3) is 2.58. The van der Waals surface area contributed by atoms with E-state index in [1.54, 1.807) is 0 Å². The topological polar surface area (TPSA) is 3.24 Å². The highest BCUT2D eigenvalue weighted by Gasteiger charge is 2.40. The maximum Gasteiger partial charge on any atom is 0.00596 e. The molecule has 0 bridgehead atoms. The second-order valence-corrected chi connectivity index (χ2v) is 6.56. The molecule has 2 fully saturated rings. The van der Waals surface area contributed by atoms with E-state index in [9.17, 15) is 0 Å². The number of hydrogen-bond donors (Lipinski definition) is 0. The molecule has 0 amide bonds. The lowest BCUT2D eigenvalue weighted by atomic mass is 9.70. The van der Waals surface area contributed by atoms with Gasteiger partial charge in [-0.05, 0) is 63.8 Å². The molecule has 1 heterocycles. The van der Waals surface area contributed by atoms with Crippen molar-refractivity contribution in [1.29, 1.82) is 0 Å². The van der Waals surface area contributed by atoms with Gasteiger partial charge in [0.25, 0.3) is 0 Å². The molecule has 1 aliphatic heterocycles. The summed E-state index contributed by atoms with van der Waals surface area (Å²) in [6.45, 7) is 7.39. The Morgan fingerprint density at radius 2 is 1.93 bits per heavy atom. The van der Waals surface area contributed by atoms with Crippen molar-refractivity contribution in [3.05, 3.63) is 0 Å². The van der Waals surface area contributed by atoms with E-state index < -0.39 is 0 Å². The molecule has 0 unspecified atom stereocenters. The second-order valence-electron chi connectivity index (χ2n) is 5.91. The Balaban J connectivity index is 1.89. The summed E-state index contributed by atoms with van der Waals surface area (Å²) in [5, 5.41) is 1.22. The van der Waals surface area contributed by atoms with Gasteiger partial charge in [0.2, 0.25) is 0 Å². The lowest BCUT2D eigenvalue weighted by Gasteiger charge is -2.37. The number of likely N-dealkylation sites (tertiary alicyclic amines) is 1. The highest BCUT2D eigenvalue weighted by Crippen LogP contribution is 2.46. The van der Waals surface area contributed by atoms with Gasteiger partial charge in [-0.1, -0.05) is 15.9 Å². The van der Waals surface area contributed by atoms with Crippen LogP contribution in [0.3, 0.4) is 0 Å². The molecule has 1 aliphatic carbocycles. The molecule has 15 heavy (non-hydrogen) atoms. The van der Waals surface area contributed by atoms with Crippen LogP contribution in [0.5, 0.6) is 0 Å². The van der Waals surface area contributed by atoms with Gasteiger partial charge in [0.1, 0.15) is 0 Å². The Hall–Kier alpha value is 0.440. The van der Waals surface area contributed by atoms with Crippen LogP contribution in [0.15, 0.2) is 0 Å². The standard InChI is InChI=1S/C13H24BrN/c1-11(2)15-8-7-13(10-15)5-3-12(9-14)4-6-13/h11-12H,3-10H2,1-2H3. The average molecular weight is 274 g/mol. The van der Waals surface area contributed by atoms with Crippen molar-refractivity contribution < 1.29 is 0 Å². The summed E-state index contributed by atoms with van der Waals surface area (Å²) >= 11 is 3.63. The highest BCUT2D eigenvalue weighted by molar-refractivity contribution is 9.09. The molecular weight excluding hydrogens is 250 g/mol. The van der Waals surface area contributed by atoms with Crippen LogP contribution >= 0.6 is 15.9 Å². The minimum atomic E-state index is 0.711. The molecule has 0 radical (unpaired) electrons. The Morgan fingerprint density at radius 1 is 1.27 bits per heavy atom. The van der Waals surface area contributed by atoms with Gasteiger partial charge in [-0.3, -0.25) is 0 Å². The van der Waals surface area contributed by atoms with E-state index in [1.165, 1.54) is 50.5 Å². The van der Waals surface area contributed by atoms with Gasteiger partial charge in [-0.2, -0.15) is 0 Å². The Bertz CT molecular complexity index is 207. The number of rotatable bonds is 2. The van der Waals surface area contributed by atoms with Crippen LogP contribution in [0.4, 0.5) is 0 Å². The summed E-state index contributed by atoms with van der Waals surface area (Å²) in [5.74, 6) is 0.962. The number of hydrogen-bond acceptors (Lipinski definition) is 1. The van der Waals surface area contributed by atoms with Gasteiger partial charge >= 0.3 is 0 Å². The molecule has 0 aromatic heterocycles. The smallest absolute Gasteiger partial charge is 0.00596 e. The van der Waals surface area contributed by atoms with E-state index in [0.717, 1.165) is 12.0 Å². The number of nitrogens with zero attached hydrogens (tertiary/aromatic N) is 1.